The van der Waals surface area contributed by atoms with E-state index in [1.807, 2.05) is 51.1 Å². The lowest BCUT2D eigenvalue weighted by atomic mass is 9.98. The molecule has 136 valence electrons. The summed E-state index contributed by atoms with van der Waals surface area (Å²) in [5.41, 5.74) is 0.188. The van der Waals surface area contributed by atoms with E-state index in [9.17, 15) is 9.90 Å². The molecule has 0 saturated heterocycles. The normalized spacial score (nSPS) is 15.7. The van der Waals surface area contributed by atoms with Crippen LogP contribution in [0.25, 0.3) is 0 Å². The fourth-order valence-electron chi connectivity index (χ4n) is 2.50. The van der Waals surface area contributed by atoms with E-state index in [1.54, 1.807) is 0 Å². The van der Waals surface area contributed by atoms with Crippen molar-refractivity contribution in [2.45, 2.75) is 71.3 Å². The highest BCUT2D eigenvalue weighted by molar-refractivity contribution is 6.84. The van der Waals surface area contributed by atoms with E-state index in [4.69, 9.17) is 4.74 Å². The van der Waals surface area contributed by atoms with Gasteiger partial charge in [-0.2, -0.15) is 0 Å². The minimum atomic E-state index is -2.16. The van der Waals surface area contributed by atoms with Crippen molar-refractivity contribution < 1.29 is 14.6 Å². The van der Waals surface area contributed by atoms with Crippen LogP contribution < -0.4 is 0 Å². The number of benzene rings is 1. The van der Waals surface area contributed by atoms with Crippen molar-refractivity contribution >= 4 is 14.0 Å². The summed E-state index contributed by atoms with van der Waals surface area (Å²) >= 11 is 0. The van der Waals surface area contributed by atoms with Crippen molar-refractivity contribution in [3.05, 3.63) is 35.9 Å². The molecule has 2 unspecified atom stereocenters. The third-order valence-corrected chi connectivity index (χ3v) is 11.0. The Labute approximate surface area is 148 Å². The van der Waals surface area contributed by atoms with E-state index in [-0.39, 0.29) is 16.4 Å². The maximum atomic E-state index is 13.0. The minimum Gasteiger partial charge on any atom is -0.465 e. The van der Waals surface area contributed by atoms with Crippen LogP contribution in [0.5, 0.6) is 0 Å². The zero-order chi connectivity index (χ0) is 18.8. The summed E-state index contributed by atoms with van der Waals surface area (Å²) in [6.45, 7) is 17.3. The Hall–Kier alpha value is -1.13. The summed E-state index contributed by atoms with van der Waals surface area (Å²) < 4.78 is 5.63. The van der Waals surface area contributed by atoms with Gasteiger partial charge < -0.3 is 9.84 Å². The predicted molar refractivity (Wildman–Crippen MR) is 103 cm³/mol. The van der Waals surface area contributed by atoms with Gasteiger partial charge in [0.25, 0.3) is 0 Å². The van der Waals surface area contributed by atoms with Gasteiger partial charge in [0, 0.05) is 0 Å². The summed E-state index contributed by atoms with van der Waals surface area (Å²) in [6.07, 6.45) is -0.834. The number of hydrogen-bond donors (Lipinski definition) is 1. The summed E-state index contributed by atoms with van der Waals surface area (Å²) in [7, 11) is -2.16. The van der Waals surface area contributed by atoms with Gasteiger partial charge in [0.15, 0.2) is 0 Å². The number of carbonyl (C=O) groups excluding carboxylic acids is 1. The second-order valence-electron chi connectivity index (χ2n) is 9.47. The second kappa shape index (κ2) is 7.40. The van der Waals surface area contributed by atoms with Crippen molar-refractivity contribution in [1.29, 1.82) is 0 Å². The van der Waals surface area contributed by atoms with Gasteiger partial charge in [-0.3, -0.25) is 4.79 Å². The van der Waals surface area contributed by atoms with Crippen LogP contribution in [0.4, 0.5) is 0 Å². The van der Waals surface area contributed by atoms with Crippen molar-refractivity contribution in [2.75, 3.05) is 6.61 Å². The molecule has 1 N–H and O–H groups in total. The molecule has 24 heavy (non-hydrogen) atoms. The highest BCUT2D eigenvalue weighted by atomic mass is 28.3. The van der Waals surface area contributed by atoms with E-state index < -0.39 is 19.7 Å². The first-order valence-corrected chi connectivity index (χ1v) is 11.7. The van der Waals surface area contributed by atoms with E-state index >= 15 is 0 Å². The highest BCUT2D eigenvalue weighted by Crippen LogP contribution is 2.49. The smallest absolute Gasteiger partial charge is 0.309 e. The van der Waals surface area contributed by atoms with Crippen LogP contribution in [0.1, 0.15) is 53.2 Å². The molecule has 0 aromatic heterocycles. The van der Waals surface area contributed by atoms with E-state index in [0.29, 0.717) is 6.61 Å². The van der Waals surface area contributed by atoms with Gasteiger partial charge in [-0.25, -0.2) is 0 Å². The molecule has 0 aliphatic heterocycles. The molecule has 0 fully saturated rings. The lowest BCUT2D eigenvalue weighted by Crippen LogP contribution is -2.48. The van der Waals surface area contributed by atoms with Crippen LogP contribution in [-0.4, -0.2) is 25.8 Å². The number of hydrogen-bond acceptors (Lipinski definition) is 3. The highest BCUT2D eigenvalue weighted by Gasteiger charge is 2.50. The van der Waals surface area contributed by atoms with Crippen molar-refractivity contribution in [2.24, 2.45) is 5.41 Å². The number of esters is 1. The van der Waals surface area contributed by atoms with Gasteiger partial charge in [0.05, 0.1) is 26.3 Å². The van der Waals surface area contributed by atoms with Gasteiger partial charge in [-0.05, 0) is 16.0 Å². The molecule has 0 bridgehead atoms. The Morgan fingerprint density at radius 3 is 2.00 bits per heavy atom. The quantitative estimate of drug-likeness (QED) is 0.587. The first kappa shape index (κ1) is 20.9. The van der Waals surface area contributed by atoms with Crippen LogP contribution in [-0.2, 0) is 9.53 Å². The Morgan fingerprint density at radius 1 is 1.08 bits per heavy atom. The molecule has 1 aromatic rings. The Morgan fingerprint density at radius 2 is 1.58 bits per heavy atom. The molecule has 0 aliphatic carbocycles. The molecular formula is C20H34O3Si. The summed E-state index contributed by atoms with van der Waals surface area (Å²) in [5.74, 6) is -0.270. The van der Waals surface area contributed by atoms with Crippen LogP contribution in [0.2, 0.25) is 23.7 Å². The first-order chi connectivity index (χ1) is 10.8. The summed E-state index contributed by atoms with van der Waals surface area (Å²) in [5, 5.41) is 11.0. The van der Waals surface area contributed by atoms with Crippen LogP contribution in [0.15, 0.2) is 30.3 Å². The Bertz CT molecular complexity index is 538. The number of carbonyl (C=O) groups is 1. The molecular weight excluding hydrogens is 316 g/mol. The van der Waals surface area contributed by atoms with Crippen molar-refractivity contribution in [1.82, 2.24) is 0 Å². The monoisotopic (exact) mass is 350 g/mol. The number of rotatable bonds is 5. The molecule has 0 spiro atoms. The van der Waals surface area contributed by atoms with Gasteiger partial charge in [0.1, 0.15) is 0 Å². The molecule has 4 heteroatoms. The molecule has 0 aliphatic rings. The minimum absolute atomic E-state index is 0.0336. The van der Waals surface area contributed by atoms with E-state index in [1.165, 1.54) is 0 Å². The van der Waals surface area contributed by atoms with Gasteiger partial charge in [-0.15, -0.1) is 0 Å². The summed E-state index contributed by atoms with van der Waals surface area (Å²) in [6, 6.07) is 9.45. The molecule has 1 aromatic carbocycles. The lowest BCUT2D eigenvalue weighted by Gasteiger charge is -2.44. The topological polar surface area (TPSA) is 46.5 Å². The van der Waals surface area contributed by atoms with Crippen molar-refractivity contribution in [3.63, 3.8) is 0 Å². The predicted octanol–water partition coefficient (Wildman–Crippen LogP) is 5.19. The molecule has 0 saturated carbocycles. The zero-order valence-electron chi connectivity index (χ0n) is 16.5. The molecule has 1 rings (SSSR count). The number of aliphatic hydroxyl groups is 1. The third-order valence-electron chi connectivity index (χ3n) is 5.07. The summed E-state index contributed by atoms with van der Waals surface area (Å²) in [4.78, 5) is 13.0. The molecule has 2 atom stereocenters. The maximum Gasteiger partial charge on any atom is 0.309 e. The number of ether oxygens (including phenoxy) is 1. The lowest BCUT2D eigenvalue weighted by molar-refractivity contribution is -0.149. The fourth-order valence-corrected chi connectivity index (χ4v) is 5.09. The van der Waals surface area contributed by atoms with E-state index in [0.717, 1.165) is 5.56 Å². The number of aliphatic hydroxyl groups excluding tert-OH is 1. The van der Waals surface area contributed by atoms with E-state index in [2.05, 4.69) is 33.9 Å². The first-order valence-electron chi connectivity index (χ1n) is 8.67. The van der Waals surface area contributed by atoms with Crippen LogP contribution in [0, 0.1) is 5.41 Å². The largest absolute Gasteiger partial charge is 0.465 e. The molecule has 3 nitrogen and oxygen atoms in total. The zero-order valence-corrected chi connectivity index (χ0v) is 17.5. The Balaban J connectivity index is 3.19. The fraction of sp³-hybridized carbons (Fsp3) is 0.650. The molecule has 0 heterocycles. The van der Waals surface area contributed by atoms with Crippen molar-refractivity contribution in [3.8, 4) is 0 Å². The third kappa shape index (κ3) is 5.18. The maximum absolute atomic E-state index is 13.0. The average molecular weight is 351 g/mol. The Kier molecular flexibility index (Phi) is 6.45. The van der Waals surface area contributed by atoms with Gasteiger partial charge in [0.2, 0.25) is 0 Å². The molecule has 0 radical (unpaired) electrons. The van der Waals surface area contributed by atoms with Crippen LogP contribution in [0.3, 0.4) is 0 Å². The second-order valence-corrected chi connectivity index (χ2v) is 15.0. The van der Waals surface area contributed by atoms with Gasteiger partial charge in [-0.1, -0.05) is 85.0 Å². The SMILES string of the molecule is CC(C)(C)COC(=O)C(C(O)c1ccccc1)[Si](C)(C)C(C)(C)C. The average Bonchev–Trinajstić information content (AvgIpc) is 2.44. The van der Waals surface area contributed by atoms with Gasteiger partial charge >= 0.3 is 5.97 Å². The standard InChI is InChI=1S/C20H34O3Si/c1-19(2,3)14-23-18(22)17(24(7,8)20(4,5)6)16(21)15-12-10-9-11-13-15/h9-13,16-17,21H,14H2,1-8H3. The molecule has 0 amide bonds. The van der Waals surface area contributed by atoms with Crippen LogP contribution >= 0.6 is 0 Å².